The van der Waals surface area contributed by atoms with Gasteiger partial charge in [0.25, 0.3) is 11.8 Å². The van der Waals surface area contributed by atoms with E-state index in [4.69, 9.17) is 5.21 Å². The van der Waals surface area contributed by atoms with E-state index >= 15 is 0 Å². The standard InChI is InChI=1S/C22H25N3O4/c1-15(26)20(22(28)24-29)23-21(27)19-12-10-17(11-13-19)5-4-16-6-8-18(9-7-16)14-25(2)3/h6-13,15,20,26,29H,14H2,1-3H3,(H,23,27)(H,24,28)/t15-,20+/m1/s1. The molecule has 0 radical (unpaired) electrons. The van der Waals surface area contributed by atoms with Crippen LogP contribution in [0.25, 0.3) is 0 Å². The summed E-state index contributed by atoms with van der Waals surface area (Å²) in [4.78, 5) is 25.9. The Hall–Kier alpha value is -3.18. The lowest BCUT2D eigenvalue weighted by molar-refractivity contribution is -0.133. The van der Waals surface area contributed by atoms with Crippen LogP contribution < -0.4 is 10.8 Å². The number of rotatable bonds is 6. The minimum Gasteiger partial charge on any atom is -0.391 e. The van der Waals surface area contributed by atoms with Gasteiger partial charge in [-0.15, -0.1) is 0 Å². The van der Waals surface area contributed by atoms with Crippen LogP contribution in [0.1, 0.15) is 34.0 Å². The van der Waals surface area contributed by atoms with Crippen molar-refractivity contribution in [2.75, 3.05) is 14.1 Å². The maximum atomic E-state index is 12.3. The van der Waals surface area contributed by atoms with Gasteiger partial charge in [0.1, 0.15) is 6.04 Å². The van der Waals surface area contributed by atoms with Crippen LogP contribution in [-0.2, 0) is 11.3 Å². The zero-order valence-corrected chi connectivity index (χ0v) is 16.6. The highest BCUT2D eigenvalue weighted by Crippen LogP contribution is 2.07. The fourth-order valence-electron chi connectivity index (χ4n) is 2.61. The fraction of sp³-hybridized carbons (Fsp3) is 0.273. The maximum absolute atomic E-state index is 12.3. The van der Waals surface area contributed by atoms with E-state index in [-0.39, 0.29) is 0 Å². The molecule has 0 fully saturated rings. The fourth-order valence-corrected chi connectivity index (χ4v) is 2.61. The monoisotopic (exact) mass is 395 g/mol. The van der Waals surface area contributed by atoms with Gasteiger partial charge in [-0.1, -0.05) is 24.0 Å². The third-order valence-corrected chi connectivity index (χ3v) is 4.11. The van der Waals surface area contributed by atoms with Gasteiger partial charge >= 0.3 is 0 Å². The minimum absolute atomic E-state index is 0.306. The summed E-state index contributed by atoms with van der Waals surface area (Å²) in [5, 5.41) is 20.7. The zero-order valence-electron chi connectivity index (χ0n) is 16.6. The lowest BCUT2D eigenvalue weighted by Gasteiger charge is -2.19. The molecule has 2 aromatic carbocycles. The Labute approximate surface area is 170 Å². The lowest BCUT2D eigenvalue weighted by atomic mass is 10.1. The van der Waals surface area contributed by atoms with Crippen LogP contribution in [0.4, 0.5) is 0 Å². The van der Waals surface area contributed by atoms with Gasteiger partial charge < -0.3 is 15.3 Å². The van der Waals surface area contributed by atoms with Gasteiger partial charge in [-0.2, -0.15) is 0 Å². The average Bonchev–Trinajstić information content (AvgIpc) is 2.70. The lowest BCUT2D eigenvalue weighted by Crippen LogP contribution is -2.51. The molecular weight excluding hydrogens is 370 g/mol. The molecule has 0 saturated heterocycles. The third kappa shape index (κ3) is 6.73. The topological polar surface area (TPSA) is 102 Å². The van der Waals surface area contributed by atoms with Crippen LogP contribution in [0.5, 0.6) is 0 Å². The number of carbonyl (C=O) groups is 2. The van der Waals surface area contributed by atoms with Crippen molar-refractivity contribution >= 4 is 11.8 Å². The molecule has 0 heterocycles. The number of nitrogens with zero attached hydrogens (tertiary/aromatic N) is 1. The Morgan fingerprint density at radius 3 is 1.97 bits per heavy atom. The molecule has 0 spiro atoms. The van der Waals surface area contributed by atoms with E-state index in [2.05, 4.69) is 22.1 Å². The first kappa shape index (κ1) is 22.1. The Balaban J connectivity index is 2.04. The molecule has 0 aliphatic heterocycles. The SMILES string of the molecule is C[C@@H](O)[C@H](NC(=O)c1ccc(C#Cc2ccc(CN(C)C)cc2)cc1)C(=O)NO. The summed E-state index contributed by atoms with van der Waals surface area (Å²) in [5.74, 6) is 4.68. The molecule has 152 valence electrons. The molecular formula is C22H25N3O4. The molecule has 0 aliphatic rings. The summed E-state index contributed by atoms with van der Waals surface area (Å²) < 4.78 is 0. The van der Waals surface area contributed by atoms with Gasteiger partial charge in [0.05, 0.1) is 6.10 Å². The van der Waals surface area contributed by atoms with Crippen molar-refractivity contribution < 1.29 is 19.9 Å². The molecule has 29 heavy (non-hydrogen) atoms. The van der Waals surface area contributed by atoms with Crippen LogP contribution in [0.15, 0.2) is 48.5 Å². The van der Waals surface area contributed by atoms with Crippen molar-refractivity contribution in [3.05, 3.63) is 70.8 Å². The smallest absolute Gasteiger partial charge is 0.268 e. The number of hydroxylamine groups is 1. The summed E-state index contributed by atoms with van der Waals surface area (Å²) >= 11 is 0. The second-order valence-corrected chi connectivity index (χ2v) is 6.93. The molecule has 2 aromatic rings. The molecule has 0 saturated carbocycles. The number of hydrogen-bond donors (Lipinski definition) is 4. The molecule has 2 rings (SSSR count). The molecule has 4 N–H and O–H groups in total. The predicted molar refractivity (Wildman–Crippen MR) is 109 cm³/mol. The van der Waals surface area contributed by atoms with E-state index in [0.29, 0.717) is 5.56 Å². The molecule has 7 heteroatoms. The van der Waals surface area contributed by atoms with Crippen molar-refractivity contribution in [2.45, 2.75) is 25.6 Å². The first-order valence-electron chi connectivity index (χ1n) is 9.09. The third-order valence-electron chi connectivity index (χ3n) is 4.11. The summed E-state index contributed by atoms with van der Waals surface area (Å²) in [6.07, 6.45) is -1.17. The van der Waals surface area contributed by atoms with Crippen molar-refractivity contribution in [1.29, 1.82) is 0 Å². The van der Waals surface area contributed by atoms with Gasteiger partial charge in [0.15, 0.2) is 0 Å². The Morgan fingerprint density at radius 1 is 1.00 bits per heavy atom. The van der Waals surface area contributed by atoms with Crippen LogP contribution >= 0.6 is 0 Å². The van der Waals surface area contributed by atoms with Crippen molar-refractivity contribution in [1.82, 2.24) is 15.7 Å². The molecule has 0 aromatic heterocycles. The number of nitrogens with one attached hydrogen (secondary N) is 2. The highest BCUT2D eigenvalue weighted by atomic mass is 16.5. The van der Waals surface area contributed by atoms with Gasteiger partial charge in [0.2, 0.25) is 0 Å². The highest BCUT2D eigenvalue weighted by molar-refractivity contribution is 5.97. The van der Waals surface area contributed by atoms with Crippen molar-refractivity contribution in [3.63, 3.8) is 0 Å². The predicted octanol–water partition coefficient (Wildman–Crippen LogP) is 1.13. The van der Waals surface area contributed by atoms with E-state index in [1.54, 1.807) is 24.3 Å². The van der Waals surface area contributed by atoms with E-state index in [0.717, 1.165) is 17.7 Å². The summed E-state index contributed by atoms with van der Waals surface area (Å²) in [6.45, 7) is 2.21. The summed E-state index contributed by atoms with van der Waals surface area (Å²) in [6, 6.07) is 13.3. The number of amides is 2. The molecule has 2 amide bonds. The van der Waals surface area contributed by atoms with Crippen molar-refractivity contribution in [2.24, 2.45) is 0 Å². The molecule has 0 aliphatic carbocycles. The molecule has 7 nitrogen and oxygen atoms in total. The van der Waals surface area contributed by atoms with Crippen molar-refractivity contribution in [3.8, 4) is 11.8 Å². The normalized spacial score (nSPS) is 12.5. The van der Waals surface area contributed by atoms with Crippen LogP contribution in [-0.4, -0.2) is 53.3 Å². The van der Waals surface area contributed by atoms with Gasteiger partial charge in [-0.05, 0) is 63.0 Å². The minimum atomic E-state index is -1.26. The van der Waals surface area contributed by atoms with Gasteiger partial charge in [-0.25, -0.2) is 5.48 Å². The maximum Gasteiger partial charge on any atom is 0.268 e. The number of aliphatic hydroxyl groups is 1. The van der Waals surface area contributed by atoms with Gasteiger partial charge in [-0.3, -0.25) is 14.8 Å². The number of aliphatic hydroxyl groups excluding tert-OH is 1. The van der Waals surface area contributed by atoms with E-state index in [1.165, 1.54) is 18.0 Å². The summed E-state index contributed by atoms with van der Waals surface area (Å²) in [7, 11) is 4.03. The Bertz CT molecular complexity index is 894. The van der Waals surface area contributed by atoms with E-state index < -0.39 is 24.0 Å². The molecule has 0 unspecified atom stereocenters. The summed E-state index contributed by atoms with van der Waals surface area (Å²) in [5.41, 5.74) is 4.57. The first-order valence-corrected chi connectivity index (χ1v) is 9.09. The molecule has 2 atom stereocenters. The second-order valence-electron chi connectivity index (χ2n) is 6.93. The average molecular weight is 395 g/mol. The Kier molecular flexibility index (Phi) is 7.92. The van der Waals surface area contributed by atoms with Crippen LogP contribution in [0.2, 0.25) is 0 Å². The van der Waals surface area contributed by atoms with Crippen LogP contribution in [0.3, 0.4) is 0 Å². The quantitative estimate of drug-likeness (QED) is 0.334. The van der Waals surface area contributed by atoms with E-state index in [1.807, 2.05) is 38.4 Å². The second kappa shape index (κ2) is 10.4. The highest BCUT2D eigenvalue weighted by Gasteiger charge is 2.25. The largest absolute Gasteiger partial charge is 0.391 e. The Morgan fingerprint density at radius 2 is 1.52 bits per heavy atom. The number of hydrogen-bond acceptors (Lipinski definition) is 5. The van der Waals surface area contributed by atoms with Gasteiger partial charge in [0, 0.05) is 23.2 Å². The molecule has 0 bridgehead atoms. The zero-order chi connectivity index (χ0) is 21.4. The first-order chi connectivity index (χ1) is 13.8. The number of carbonyl (C=O) groups excluding carboxylic acids is 2. The van der Waals surface area contributed by atoms with Crippen LogP contribution in [0, 0.1) is 11.8 Å². The van der Waals surface area contributed by atoms with E-state index in [9.17, 15) is 14.7 Å². The number of benzene rings is 2.